The molecule has 3 rings (SSSR count). The smallest absolute Gasteiger partial charge is 0.159 e. The average molecular weight is 312 g/mol. The number of hydrogen-bond donors (Lipinski definition) is 1. The maximum absolute atomic E-state index is 5.88. The van der Waals surface area contributed by atoms with Gasteiger partial charge in [-0.2, -0.15) is 0 Å². The van der Waals surface area contributed by atoms with Crippen molar-refractivity contribution in [1.29, 1.82) is 0 Å². The highest BCUT2D eigenvalue weighted by molar-refractivity contribution is 5.85. The molecule has 1 heterocycles. The molecule has 0 aliphatic heterocycles. The van der Waals surface area contributed by atoms with Crippen LogP contribution in [0, 0.1) is 0 Å². The summed E-state index contributed by atoms with van der Waals surface area (Å²) in [5.41, 5.74) is 10.0. The Morgan fingerprint density at radius 1 is 0.864 bits per heavy atom. The second kappa shape index (κ2) is 7.16. The van der Waals surface area contributed by atoms with Crippen molar-refractivity contribution in [3.63, 3.8) is 0 Å². The lowest BCUT2D eigenvalue weighted by molar-refractivity contribution is 0.818. The van der Waals surface area contributed by atoms with Crippen LogP contribution in [-0.2, 0) is 0 Å². The van der Waals surface area contributed by atoms with Gasteiger partial charge in [-0.05, 0) is 18.6 Å². The largest absolute Gasteiger partial charge is 0.324 e. The summed E-state index contributed by atoms with van der Waals surface area (Å²) in [5, 5.41) is 0. The van der Waals surface area contributed by atoms with Crippen LogP contribution in [-0.4, -0.2) is 9.97 Å². The Balaban J connectivity index is 0.00000176. The van der Waals surface area contributed by atoms with E-state index >= 15 is 0 Å². The molecule has 0 spiro atoms. The molecule has 4 heteroatoms. The molecule has 2 aromatic carbocycles. The van der Waals surface area contributed by atoms with E-state index in [2.05, 4.69) is 22.1 Å². The van der Waals surface area contributed by atoms with Gasteiger partial charge in [-0.15, -0.1) is 12.4 Å². The molecule has 0 saturated carbocycles. The first kappa shape index (κ1) is 16.1. The summed E-state index contributed by atoms with van der Waals surface area (Å²) >= 11 is 0. The van der Waals surface area contributed by atoms with Crippen molar-refractivity contribution in [2.24, 2.45) is 5.73 Å². The number of aromatic nitrogens is 2. The van der Waals surface area contributed by atoms with Crippen LogP contribution in [0.25, 0.3) is 22.6 Å². The Hall–Kier alpha value is -2.23. The van der Waals surface area contributed by atoms with Gasteiger partial charge in [0.05, 0.1) is 5.69 Å². The van der Waals surface area contributed by atoms with Gasteiger partial charge in [-0.1, -0.05) is 54.6 Å². The van der Waals surface area contributed by atoms with Gasteiger partial charge in [0.1, 0.15) is 0 Å². The Kier molecular flexibility index (Phi) is 5.26. The molecule has 3 aromatic rings. The van der Waals surface area contributed by atoms with Crippen molar-refractivity contribution in [3.05, 3.63) is 72.4 Å². The van der Waals surface area contributed by atoms with Crippen molar-refractivity contribution in [2.45, 2.75) is 13.0 Å². The summed E-state index contributed by atoms with van der Waals surface area (Å²) in [4.78, 5) is 9.00. The van der Waals surface area contributed by atoms with Crippen LogP contribution in [0.3, 0.4) is 0 Å². The quantitative estimate of drug-likeness (QED) is 0.786. The topological polar surface area (TPSA) is 51.8 Å². The van der Waals surface area contributed by atoms with Crippen LogP contribution in [0.15, 0.2) is 66.9 Å². The average Bonchev–Trinajstić information content (AvgIpc) is 2.56. The Morgan fingerprint density at radius 3 is 2.18 bits per heavy atom. The molecule has 22 heavy (non-hydrogen) atoms. The molecule has 3 nitrogen and oxygen atoms in total. The summed E-state index contributed by atoms with van der Waals surface area (Å²) in [6.07, 6.45) is 1.80. The molecule has 1 atom stereocenters. The van der Waals surface area contributed by atoms with Crippen molar-refractivity contribution in [3.8, 4) is 22.6 Å². The third-order valence-corrected chi connectivity index (χ3v) is 3.42. The van der Waals surface area contributed by atoms with Gasteiger partial charge in [-0.25, -0.2) is 9.97 Å². The zero-order chi connectivity index (χ0) is 14.7. The first-order chi connectivity index (χ1) is 10.2. The van der Waals surface area contributed by atoms with Crippen LogP contribution >= 0.6 is 12.4 Å². The molecule has 1 unspecified atom stereocenters. The molecule has 0 bridgehead atoms. The van der Waals surface area contributed by atoms with E-state index in [9.17, 15) is 0 Å². The van der Waals surface area contributed by atoms with E-state index in [0.717, 1.165) is 28.2 Å². The molecule has 0 aliphatic rings. The van der Waals surface area contributed by atoms with E-state index in [-0.39, 0.29) is 18.4 Å². The lowest BCUT2D eigenvalue weighted by Gasteiger charge is -2.07. The van der Waals surface area contributed by atoms with Crippen LogP contribution in [0.5, 0.6) is 0 Å². The SMILES string of the molecule is CC(N)c1ccc(-c2ccnc(-c3ccccc3)n2)cc1.Cl. The summed E-state index contributed by atoms with van der Waals surface area (Å²) in [6, 6.07) is 20.2. The van der Waals surface area contributed by atoms with Gasteiger partial charge in [-0.3, -0.25) is 0 Å². The molecule has 1 aromatic heterocycles. The van der Waals surface area contributed by atoms with E-state index in [0.29, 0.717) is 0 Å². The van der Waals surface area contributed by atoms with E-state index in [1.165, 1.54) is 0 Å². The number of nitrogens with two attached hydrogens (primary N) is 1. The molecule has 0 amide bonds. The number of rotatable bonds is 3. The lowest BCUT2D eigenvalue weighted by atomic mass is 10.0. The maximum atomic E-state index is 5.88. The molecule has 2 N–H and O–H groups in total. The highest BCUT2D eigenvalue weighted by Gasteiger charge is 2.05. The minimum absolute atomic E-state index is 0. The zero-order valence-corrected chi connectivity index (χ0v) is 13.1. The second-order valence-corrected chi connectivity index (χ2v) is 5.04. The molecule has 112 valence electrons. The normalized spacial score (nSPS) is 11.5. The zero-order valence-electron chi connectivity index (χ0n) is 12.3. The Labute approximate surface area is 136 Å². The molecular formula is C18H18ClN3. The van der Waals surface area contributed by atoms with Gasteiger partial charge < -0.3 is 5.73 Å². The Morgan fingerprint density at radius 2 is 1.55 bits per heavy atom. The van der Waals surface area contributed by atoms with Crippen LogP contribution in [0.2, 0.25) is 0 Å². The maximum Gasteiger partial charge on any atom is 0.159 e. The second-order valence-electron chi connectivity index (χ2n) is 5.04. The van der Waals surface area contributed by atoms with Crippen LogP contribution in [0.4, 0.5) is 0 Å². The number of nitrogens with zero attached hydrogens (tertiary/aromatic N) is 2. The van der Waals surface area contributed by atoms with Crippen LogP contribution in [0.1, 0.15) is 18.5 Å². The van der Waals surface area contributed by atoms with Gasteiger partial charge in [0.2, 0.25) is 0 Å². The first-order valence-electron chi connectivity index (χ1n) is 6.98. The van der Waals surface area contributed by atoms with Gasteiger partial charge in [0.15, 0.2) is 5.82 Å². The van der Waals surface area contributed by atoms with E-state index < -0.39 is 0 Å². The fourth-order valence-corrected chi connectivity index (χ4v) is 2.20. The predicted molar refractivity (Wildman–Crippen MR) is 92.8 cm³/mol. The molecule has 0 radical (unpaired) electrons. The van der Waals surface area contributed by atoms with Crippen molar-refractivity contribution < 1.29 is 0 Å². The first-order valence-corrected chi connectivity index (χ1v) is 6.98. The highest BCUT2D eigenvalue weighted by Crippen LogP contribution is 2.22. The fraction of sp³-hybridized carbons (Fsp3) is 0.111. The van der Waals surface area contributed by atoms with Gasteiger partial charge >= 0.3 is 0 Å². The van der Waals surface area contributed by atoms with Crippen molar-refractivity contribution in [2.75, 3.05) is 0 Å². The lowest BCUT2D eigenvalue weighted by Crippen LogP contribution is -2.04. The molecule has 0 aliphatic carbocycles. The van der Waals surface area contributed by atoms with Crippen molar-refractivity contribution >= 4 is 12.4 Å². The standard InChI is InChI=1S/C18H17N3.ClH/c1-13(19)14-7-9-15(10-8-14)17-11-12-20-18(21-17)16-5-3-2-4-6-16;/h2-13H,19H2,1H3;1H. The highest BCUT2D eigenvalue weighted by atomic mass is 35.5. The molecular weight excluding hydrogens is 294 g/mol. The predicted octanol–water partition coefficient (Wildman–Crippen LogP) is 4.25. The number of halogens is 1. The van der Waals surface area contributed by atoms with E-state index in [1.54, 1.807) is 6.20 Å². The van der Waals surface area contributed by atoms with E-state index in [1.807, 2.05) is 55.5 Å². The van der Waals surface area contributed by atoms with Crippen LogP contribution < -0.4 is 5.73 Å². The van der Waals surface area contributed by atoms with Gasteiger partial charge in [0, 0.05) is 23.4 Å². The summed E-state index contributed by atoms with van der Waals surface area (Å²) in [5.74, 6) is 0.740. The third-order valence-electron chi connectivity index (χ3n) is 3.42. The van der Waals surface area contributed by atoms with Gasteiger partial charge in [0.25, 0.3) is 0 Å². The van der Waals surface area contributed by atoms with E-state index in [4.69, 9.17) is 5.73 Å². The summed E-state index contributed by atoms with van der Waals surface area (Å²) in [6.45, 7) is 1.98. The third kappa shape index (κ3) is 3.50. The fourth-order valence-electron chi connectivity index (χ4n) is 2.20. The van der Waals surface area contributed by atoms with Crippen molar-refractivity contribution in [1.82, 2.24) is 9.97 Å². The Bertz CT molecular complexity index is 725. The number of benzene rings is 2. The molecule has 0 saturated heterocycles. The summed E-state index contributed by atoms with van der Waals surface area (Å²) in [7, 11) is 0. The number of hydrogen-bond acceptors (Lipinski definition) is 3. The minimum Gasteiger partial charge on any atom is -0.324 e. The monoisotopic (exact) mass is 311 g/mol. The minimum atomic E-state index is 0. The summed E-state index contributed by atoms with van der Waals surface area (Å²) < 4.78 is 0. The molecule has 0 fully saturated rings.